The van der Waals surface area contributed by atoms with Gasteiger partial charge in [0.25, 0.3) is 0 Å². The SMILES string of the molecule is O=Cc1ccc(NCc2ccc(Cl)cc2)nc1. The topological polar surface area (TPSA) is 42.0 Å². The number of halogens is 1. The average molecular weight is 247 g/mol. The van der Waals surface area contributed by atoms with E-state index in [0.717, 1.165) is 22.7 Å². The van der Waals surface area contributed by atoms with E-state index in [4.69, 9.17) is 11.6 Å². The molecule has 1 aromatic heterocycles. The first-order chi connectivity index (χ1) is 8.28. The molecule has 0 bridgehead atoms. The number of benzene rings is 1. The zero-order valence-electron chi connectivity index (χ0n) is 9.06. The molecular formula is C13H11ClN2O. The van der Waals surface area contributed by atoms with E-state index in [1.807, 2.05) is 24.3 Å². The van der Waals surface area contributed by atoms with Crippen molar-refractivity contribution in [2.75, 3.05) is 5.32 Å². The van der Waals surface area contributed by atoms with Crippen molar-refractivity contribution in [1.29, 1.82) is 0 Å². The summed E-state index contributed by atoms with van der Waals surface area (Å²) in [5, 5.41) is 3.89. The second-order valence-electron chi connectivity index (χ2n) is 3.57. The Kier molecular flexibility index (Phi) is 3.73. The van der Waals surface area contributed by atoms with Crippen LogP contribution in [0.5, 0.6) is 0 Å². The van der Waals surface area contributed by atoms with Crippen LogP contribution in [0.3, 0.4) is 0 Å². The Hall–Kier alpha value is -1.87. The van der Waals surface area contributed by atoms with Crippen LogP contribution in [0.25, 0.3) is 0 Å². The molecule has 1 heterocycles. The van der Waals surface area contributed by atoms with E-state index in [0.29, 0.717) is 12.1 Å². The number of hydrogen-bond donors (Lipinski definition) is 1. The van der Waals surface area contributed by atoms with Gasteiger partial charge in [-0.1, -0.05) is 23.7 Å². The summed E-state index contributed by atoms with van der Waals surface area (Å²) in [6, 6.07) is 11.1. The van der Waals surface area contributed by atoms with Crippen LogP contribution in [0.15, 0.2) is 42.6 Å². The molecule has 0 unspecified atom stereocenters. The van der Waals surface area contributed by atoms with E-state index in [1.54, 1.807) is 12.1 Å². The molecule has 1 N–H and O–H groups in total. The van der Waals surface area contributed by atoms with E-state index in [9.17, 15) is 4.79 Å². The zero-order valence-corrected chi connectivity index (χ0v) is 9.82. The maximum Gasteiger partial charge on any atom is 0.151 e. The highest BCUT2D eigenvalue weighted by Crippen LogP contribution is 2.11. The number of nitrogens with zero attached hydrogens (tertiary/aromatic N) is 1. The van der Waals surface area contributed by atoms with Gasteiger partial charge < -0.3 is 5.32 Å². The molecule has 17 heavy (non-hydrogen) atoms. The Labute approximate surface area is 104 Å². The van der Waals surface area contributed by atoms with Crippen LogP contribution in [0.1, 0.15) is 15.9 Å². The third-order valence-corrected chi connectivity index (χ3v) is 2.56. The first-order valence-corrected chi connectivity index (χ1v) is 5.55. The Bertz CT molecular complexity index is 494. The molecule has 0 fully saturated rings. The van der Waals surface area contributed by atoms with Crippen molar-refractivity contribution in [3.05, 3.63) is 58.7 Å². The highest BCUT2D eigenvalue weighted by molar-refractivity contribution is 6.30. The first-order valence-electron chi connectivity index (χ1n) is 5.17. The third-order valence-electron chi connectivity index (χ3n) is 2.31. The van der Waals surface area contributed by atoms with Crippen LogP contribution in [0.2, 0.25) is 5.02 Å². The Morgan fingerprint density at radius 2 is 1.94 bits per heavy atom. The van der Waals surface area contributed by atoms with Gasteiger partial charge in [0.15, 0.2) is 6.29 Å². The van der Waals surface area contributed by atoms with Crippen LogP contribution in [-0.4, -0.2) is 11.3 Å². The van der Waals surface area contributed by atoms with E-state index in [1.165, 1.54) is 6.20 Å². The largest absolute Gasteiger partial charge is 0.366 e. The summed E-state index contributed by atoms with van der Waals surface area (Å²) in [6.45, 7) is 0.671. The molecule has 4 heteroatoms. The van der Waals surface area contributed by atoms with Crippen molar-refractivity contribution < 1.29 is 4.79 Å². The van der Waals surface area contributed by atoms with Crippen LogP contribution in [0, 0.1) is 0 Å². The summed E-state index contributed by atoms with van der Waals surface area (Å²) in [4.78, 5) is 14.6. The monoisotopic (exact) mass is 246 g/mol. The van der Waals surface area contributed by atoms with Gasteiger partial charge in [-0.05, 0) is 29.8 Å². The van der Waals surface area contributed by atoms with Gasteiger partial charge >= 0.3 is 0 Å². The second-order valence-corrected chi connectivity index (χ2v) is 4.01. The summed E-state index contributed by atoms with van der Waals surface area (Å²) in [6.07, 6.45) is 2.31. The fourth-order valence-electron chi connectivity index (χ4n) is 1.37. The minimum atomic E-state index is 0.571. The van der Waals surface area contributed by atoms with Crippen molar-refractivity contribution >= 4 is 23.7 Å². The highest BCUT2D eigenvalue weighted by atomic mass is 35.5. The summed E-state index contributed by atoms with van der Waals surface area (Å²) >= 11 is 5.80. The molecule has 0 amide bonds. The molecular weight excluding hydrogens is 236 g/mol. The molecule has 2 rings (SSSR count). The molecule has 0 aliphatic rings. The fourth-order valence-corrected chi connectivity index (χ4v) is 1.50. The Morgan fingerprint density at radius 1 is 1.18 bits per heavy atom. The van der Waals surface area contributed by atoms with Crippen molar-refractivity contribution in [2.45, 2.75) is 6.54 Å². The highest BCUT2D eigenvalue weighted by Gasteiger charge is 1.96. The fraction of sp³-hybridized carbons (Fsp3) is 0.0769. The maximum atomic E-state index is 10.5. The number of anilines is 1. The molecule has 0 aliphatic heterocycles. The summed E-state index contributed by atoms with van der Waals surface area (Å²) in [7, 11) is 0. The average Bonchev–Trinajstić information content (AvgIpc) is 2.39. The van der Waals surface area contributed by atoms with Crippen molar-refractivity contribution in [3.8, 4) is 0 Å². The Morgan fingerprint density at radius 3 is 2.53 bits per heavy atom. The van der Waals surface area contributed by atoms with Gasteiger partial charge in [-0.25, -0.2) is 4.98 Å². The van der Waals surface area contributed by atoms with Gasteiger partial charge in [0.2, 0.25) is 0 Å². The predicted octanol–water partition coefficient (Wildman–Crippen LogP) is 3.16. The van der Waals surface area contributed by atoms with E-state index in [2.05, 4.69) is 10.3 Å². The lowest BCUT2D eigenvalue weighted by Gasteiger charge is -2.05. The molecule has 0 radical (unpaired) electrons. The number of rotatable bonds is 4. The minimum Gasteiger partial charge on any atom is -0.366 e. The lowest BCUT2D eigenvalue weighted by molar-refractivity contribution is 0.112. The van der Waals surface area contributed by atoms with E-state index < -0.39 is 0 Å². The molecule has 2 aromatic rings. The maximum absolute atomic E-state index is 10.5. The lowest BCUT2D eigenvalue weighted by Crippen LogP contribution is -2.01. The van der Waals surface area contributed by atoms with E-state index >= 15 is 0 Å². The molecule has 0 aliphatic carbocycles. The molecule has 86 valence electrons. The number of carbonyl (C=O) groups excluding carboxylic acids is 1. The van der Waals surface area contributed by atoms with Crippen molar-refractivity contribution in [3.63, 3.8) is 0 Å². The van der Waals surface area contributed by atoms with E-state index in [-0.39, 0.29) is 0 Å². The van der Waals surface area contributed by atoms with Crippen LogP contribution in [0.4, 0.5) is 5.82 Å². The van der Waals surface area contributed by atoms with Gasteiger partial charge in [0, 0.05) is 23.3 Å². The van der Waals surface area contributed by atoms with Crippen molar-refractivity contribution in [2.24, 2.45) is 0 Å². The minimum absolute atomic E-state index is 0.571. The zero-order chi connectivity index (χ0) is 12.1. The normalized spacial score (nSPS) is 9.94. The second kappa shape index (κ2) is 5.46. The quantitative estimate of drug-likeness (QED) is 0.843. The first kappa shape index (κ1) is 11.6. The molecule has 0 saturated heterocycles. The number of pyridine rings is 1. The van der Waals surface area contributed by atoms with Gasteiger partial charge in [0.1, 0.15) is 5.82 Å². The number of hydrogen-bond acceptors (Lipinski definition) is 3. The molecule has 0 atom stereocenters. The number of nitrogens with one attached hydrogen (secondary N) is 1. The molecule has 0 spiro atoms. The predicted molar refractivity (Wildman–Crippen MR) is 68.4 cm³/mol. The lowest BCUT2D eigenvalue weighted by atomic mass is 10.2. The number of aromatic nitrogens is 1. The smallest absolute Gasteiger partial charge is 0.151 e. The summed E-state index contributed by atoms with van der Waals surface area (Å²) in [5.74, 6) is 0.741. The van der Waals surface area contributed by atoms with Gasteiger partial charge in [-0.15, -0.1) is 0 Å². The van der Waals surface area contributed by atoms with Gasteiger partial charge in [-0.3, -0.25) is 4.79 Å². The third kappa shape index (κ3) is 3.29. The van der Waals surface area contributed by atoms with Crippen molar-refractivity contribution in [1.82, 2.24) is 4.98 Å². The van der Waals surface area contributed by atoms with Crippen LogP contribution >= 0.6 is 11.6 Å². The standard InChI is InChI=1S/C13H11ClN2O/c14-12-4-1-10(2-5-12)7-15-13-6-3-11(9-17)8-16-13/h1-6,8-9H,7H2,(H,15,16). The van der Waals surface area contributed by atoms with Gasteiger partial charge in [0.05, 0.1) is 0 Å². The molecule has 3 nitrogen and oxygen atoms in total. The molecule has 1 aromatic carbocycles. The number of aldehydes is 1. The molecule has 0 saturated carbocycles. The van der Waals surface area contributed by atoms with Crippen LogP contribution < -0.4 is 5.32 Å². The van der Waals surface area contributed by atoms with Crippen LogP contribution in [-0.2, 0) is 6.54 Å². The summed E-state index contributed by atoms with van der Waals surface area (Å²) in [5.41, 5.74) is 1.69. The summed E-state index contributed by atoms with van der Waals surface area (Å²) < 4.78 is 0. The van der Waals surface area contributed by atoms with Gasteiger partial charge in [-0.2, -0.15) is 0 Å². The Balaban J connectivity index is 1.97. The number of carbonyl (C=O) groups is 1.